The number of halogens is 1. The fraction of sp³-hybridized carbons (Fsp3) is 0.438. The van der Waals surface area contributed by atoms with Gasteiger partial charge in [0.25, 0.3) is 0 Å². The van der Waals surface area contributed by atoms with Gasteiger partial charge >= 0.3 is 0 Å². The first kappa shape index (κ1) is 13.3. The molecular weight excluding hydrogens is 255 g/mol. The number of aryl methyl sites for hydroxylation is 2. The third kappa shape index (κ3) is 2.48. The van der Waals surface area contributed by atoms with Gasteiger partial charge in [0.05, 0.1) is 5.69 Å². The molecule has 0 unspecified atom stereocenters. The maximum atomic E-state index is 13.7. The van der Waals surface area contributed by atoms with Gasteiger partial charge in [-0.15, -0.1) is 0 Å². The predicted octanol–water partition coefficient (Wildman–Crippen LogP) is 3.47. The highest BCUT2D eigenvalue weighted by molar-refractivity contribution is 5.25. The lowest BCUT2D eigenvalue weighted by Gasteiger charge is -2.36. The van der Waals surface area contributed by atoms with Crippen molar-refractivity contribution in [2.75, 3.05) is 0 Å². The van der Waals surface area contributed by atoms with E-state index in [1.165, 1.54) is 0 Å². The molecule has 2 aromatic rings. The Morgan fingerprint density at radius 1 is 1.30 bits per heavy atom. The maximum absolute atomic E-state index is 13.7. The summed E-state index contributed by atoms with van der Waals surface area (Å²) in [7, 11) is 0. The molecule has 0 spiro atoms. The molecule has 0 radical (unpaired) electrons. The van der Waals surface area contributed by atoms with Crippen molar-refractivity contribution in [3.63, 3.8) is 0 Å². The van der Waals surface area contributed by atoms with Crippen LogP contribution in [0, 0.1) is 19.7 Å². The van der Waals surface area contributed by atoms with E-state index in [-0.39, 0.29) is 5.82 Å². The van der Waals surface area contributed by atoms with Crippen molar-refractivity contribution in [3.8, 4) is 0 Å². The topological polar surface area (TPSA) is 38.1 Å². The van der Waals surface area contributed by atoms with Crippen molar-refractivity contribution < 1.29 is 8.91 Å². The number of benzene rings is 1. The maximum Gasteiger partial charge on any atom is 0.138 e. The summed E-state index contributed by atoms with van der Waals surface area (Å²) in [6, 6.07) is 7.53. The molecule has 3 nitrogen and oxygen atoms in total. The lowest BCUT2D eigenvalue weighted by Crippen LogP contribution is -2.40. The van der Waals surface area contributed by atoms with Crippen molar-refractivity contribution in [1.29, 1.82) is 0 Å². The van der Waals surface area contributed by atoms with Crippen LogP contribution in [0.5, 0.6) is 0 Å². The van der Waals surface area contributed by atoms with Crippen molar-refractivity contribution in [1.82, 2.24) is 10.5 Å². The van der Waals surface area contributed by atoms with E-state index < -0.39 is 0 Å². The predicted molar refractivity (Wildman–Crippen MR) is 75.0 cm³/mol. The second kappa shape index (κ2) is 5.37. The first-order chi connectivity index (χ1) is 9.65. The van der Waals surface area contributed by atoms with Crippen LogP contribution in [0.4, 0.5) is 4.39 Å². The fourth-order valence-electron chi connectivity index (χ4n) is 2.85. The number of nitrogens with zero attached hydrogens (tertiary/aromatic N) is 1. The summed E-state index contributed by atoms with van der Waals surface area (Å²) in [5.41, 5.74) is 2.93. The minimum Gasteiger partial charge on any atom is -0.361 e. The molecule has 4 heteroatoms. The summed E-state index contributed by atoms with van der Waals surface area (Å²) >= 11 is 0. The number of aromatic nitrogens is 1. The lowest BCUT2D eigenvalue weighted by molar-refractivity contribution is 0.283. The number of nitrogens with one attached hydrogen (secondary N) is 1. The Morgan fingerprint density at radius 2 is 2.05 bits per heavy atom. The molecular formula is C16H19FN2O. The molecule has 1 fully saturated rings. The van der Waals surface area contributed by atoms with Gasteiger partial charge in [-0.3, -0.25) is 0 Å². The highest BCUT2D eigenvalue weighted by Crippen LogP contribution is 2.38. The second-order valence-corrected chi connectivity index (χ2v) is 5.57. The molecule has 1 aliphatic rings. The Labute approximate surface area is 118 Å². The van der Waals surface area contributed by atoms with Crippen LogP contribution in [-0.2, 0) is 6.54 Å². The van der Waals surface area contributed by atoms with Gasteiger partial charge in [0.2, 0.25) is 0 Å². The summed E-state index contributed by atoms with van der Waals surface area (Å²) in [4.78, 5) is 0. The van der Waals surface area contributed by atoms with Crippen LogP contribution < -0.4 is 5.32 Å². The molecule has 106 valence electrons. The smallest absolute Gasteiger partial charge is 0.138 e. The van der Waals surface area contributed by atoms with Gasteiger partial charge in [-0.05, 0) is 44.2 Å². The Kier molecular flexibility index (Phi) is 3.57. The minimum absolute atomic E-state index is 0.0818. The van der Waals surface area contributed by atoms with E-state index >= 15 is 0 Å². The molecule has 0 saturated heterocycles. The Morgan fingerprint density at radius 3 is 2.70 bits per heavy atom. The molecule has 20 heavy (non-hydrogen) atoms. The molecule has 1 aromatic carbocycles. The highest BCUT2D eigenvalue weighted by Gasteiger charge is 2.31. The average molecular weight is 274 g/mol. The van der Waals surface area contributed by atoms with E-state index in [0.717, 1.165) is 42.0 Å². The Bertz CT molecular complexity index is 583. The first-order valence-electron chi connectivity index (χ1n) is 7.04. The van der Waals surface area contributed by atoms with Gasteiger partial charge in [0.15, 0.2) is 0 Å². The van der Waals surface area contributed by atoms with Crippen molar-refractivity contribution >= 4 is 0 Å². The molecule has 1 N–H and O–H groups in total. The molecule has 0 aliphatic heterocycles. The normalized spacial score (nSPS) is 21.8. The summed E-state index contributed by atoms with van der Waals surface area (Å²) in [6.07, 6.45) is 1.98. The molecule has 1 aliphatic carbocycles. The molecule has 1 heterocycles. The van der Waals surface area contributed by atoms with Crippen LogP contribution in [0.2, 0.25) is 0 Å². The van der Waals surface area contributed by atoms with Gasteiger partial charge in [-0.25, -0.2) is 4.39 Å². The third-order valence-electron chi connectivity index (χ3n) is 4.23. The highest BCUT2D eigenvalue weighted by atomic mass is 19.1. The first-order valence-corrected chi connectivity index (χ1v) is 7.04. The van der Waals surface area contributed by atoms with Crippen LogP contribution >= 0.6 is 0 Å². The standard InChI is InChI=1S/C16H19FN2O/c1-10-15(11(2)20-19-10)9-18-13-7-12(8-13)14-5-3-4-6-16(14)17/h3-6,12-13,18H,7-9H2,1-2H3. The summed E-state index contributed by atoms with van der Waals surface area (Å²) in [5.74, 6) is 1.14. The van der Waals surface area contributed by atoms with Crippen LogP contribution in [-0.4, -0.2) is 11.2 Å². The Balaban J connectivity index is 1.53. The molecule has 1 aromatic heterocycles. The largest absolute Gasteiger partial charge is 0.361 e. The van der Waals surface area contributed by atoms with Crippen LogP contribution in [0.25, 0.3) is 0 Å². The average Bonchev–Trinajstić information content (AvgIpc) is 2.70. The van der Waals surface area contributed by atoms with Crippen LogP contribution in [0.3, 0.4) is 0 Å². The third-order valence-corrected chi connectivity index (χ3v) is 4.23. The van der Waals surface area contributed by atoms with Crippen molar-refractivity contribution in [2.45, 2.75) is 45.2 Å². The van der Waals surface area contributed by atoms with E-state index in [2.05, 4.69) is 10.5 Å². The van der Waals surface area contributed by atoms with Crippen LogP contribution in [0.15, 0.2) is 28.8 Å². The summed E-state index contributed by atoms with van der Waals surface area (Å²) in [5, 5.41) is 7.45. The minimum atomic E-state index is -0.0818. The Hall–Kier alpha value is -1.68. The van der Waals surface area contributed by atoms with Gasteiger partial charge in [-0.2, -0.15) is 0 Å². The number of rotatable bonds is 4. The van der Waals surface area contributed by atoms with Gasteiger partial charge < -0.3 is 9.84 Å². The van der Waals surface area contributed by atoms with Crippen LogP contribution in [0.1, 0.15) is 41.3 Å². The molecule has 0 atom stereocenters. The van der Waals surface area contributed by atoms with E-state index in [1.54, 1.807) is 12.1 Å². The fourth-order valence-corrected chi connectivity index (χ4v) is 2.85. The van der Waals surface area contributed by atoms with Crippen molar-refractivity contribution in [3.05, 3.63) is 52.7 Å². The molecule has 0 bridgehead atoms. The molecule has 1 saturated carbocycles. The monoisotopic (exact) mass is 274 g/mol. The zero-order chi connectivity index (χ0) is 14.1. The second-order valence-electron chi connectivity index (χ2n) is 5.57. The lowest BCUT2D eigenvalue weighted by atomic mass is 9.75. The van der Waals surface area contributed by atoms with Gasteiger partial charge in [0.1, 0.15) is 11.6 Å². The zero-order valence-corrected chi connectivity index (χ0v) is 11.8. The zero-order valence-electron chi connectivity index (χ0n) is 11.8. The summed E-state index contributed by atoms with van der Waals surface area (Å²) < 4.78 is 18.8. The SMILES string of the molecule is Cc1noc(C)c1CNC1CC(c2ccccc2F)C1. The van der Waals surface area contributed by atoms with E-state index in [1.807, 2.05) is 26.0 Å². The number of hydrogen-bond acceptors (Lipinski definition) is 3. The summed E-state index contributed by atoms with van der Waals surface area (Å²) in [6.45, 7) is 4.66. The number of hydrogen-bond donors (Lipinski definition) is 1. The van der Waals surface area contributed by atoms with E-state index in [4.69, 9.17) is 4.52 Å². The van der Waals surface area contributed by atoms with Gasteiger partial charge in [-0.1, -0.05) is 23.4 Å². The molecule has 0 amide bonds. The van der Waals surface area contributed by atoms with Gasteiger partial charge in [0, 0.05) is 18.2 Å². The van der Waals surface area contributed by atoms with Crippen molar-refractivity contribution in [2.24, 2.45) is 0 Å². The van der Waals surface area contributed by atoms with E-state index in [9.17, 15) is 4.39 Å². The quantitative estimate of drug-likeness (QED) is 0.927. The molecule has 3 rings (SSSR count). The van der Waals surface area contributed by atoms with E-state index in [0.29, 0.717) is 12.0 Å².